The Morgan fingerprint density at radius 1 is 1.50 bits per heavy atom. The SMILES string of the molecule is CCCCOCCNC(=O)c1ccc(Br)o1. The number of hydrogen-bond donors (Lipinski definition) is 1. The van der Waals surface area contributed by atoms with E-state index in [-0.39, 0.29) is 5.91 Å². The van der Waals surface area contributed by atoms with E-state index in [4.69, 9.17) is 9.15 Å². The quantitative estimate of drug-likeness (QED) is 0.785. The van der Waals surface area contributed by atoms with E-state index in [0.717, 1.165) is 19.4 Å². The van der Waals surface area contributed by atoms with Crippen LogP contribution in [0.2, 0.25) is 0 Å². The molecule has 0 bridgehead atoms. The van der Waals surface area contributed by atoms with Gasteiger partial charge in [-0.05, 0) is 34.5 Å². The monoisotopic (exact) mass is 289 g/mol. The van der Waals surface area contributed by atoms with Crippen LogP contribution in [-0.4, -0.2) is 25.7 Å². The third-order valence-corrected chi connectivity index (χ3v) is 2.40. The van der Waals surface area contributed by atoms with Gasteiger partial charge < -0.3 is 14.5 Å². The fraction of sp³-hybridized carbons (Fsp3) is 0.545. The number of furan rings is 1. The van der Waals surface area contributed by atoms with Crippen molar-refractivity contribution in [1.82, 2.24) is 5.32 Å². The third kappa shape index (κ3) is 4.81. The maximum Gasteiger partial charge on any atom is 0.287 e. The highest BCUT2D eigenvalue weighted by atomic mass is 79.9. The molecule has 1 N–H and O–H groups in total. The number of hydrogen-bond acceptors (Lipinski definition) is 3. The second kappa shape index (κ2) is 7.46. The number of amides is 1. The van der Waals surface area contributed by atoms with Gasteiger partial charge in [0.1, 0.15) is 0 Å². The molecule has 5 heteroatoms. The van der Waals surface area contributed by atoms with E-state index in [0.29, 0.717) is 23.6 Å². The Morgan fingerprint density at radius 2 is 2.31 bits per heavy atom. The molecular formula is C11H16BrNO3. The van der Waals surface area contributed by atoms with Gasteiger partial charge in [0.05, 0.1) is 6.61 Å². The third-order valence-electron chi connectivity index (χ3n) is 1.97. The summed E-state index contributed by atoms with van der Waals surface area (Å²) in [5.41, 5.74) is 0. The Balaban J connectivity index is 2.11. The number of rotatable bonds is 7. The Hall–Kier alpha value is -0.810. The second-order valence-electron chi connectivity index (χ2n) is 3.33. The number of halogens is 1. The average Bonchev–Trinajstić information content (AvgIpc) is 2.70. The van der Waals surface area contributed by atoms with Crippen LogP contribution in [0.1, 0.15) is 30.3 Å². The topological polar surface area (TPSA) is 51.5 Å². The second-order valence-corrected chi connectivity index (χ2v) is 4.11. The molecule has 1 rings (SSSR count). The normalized spacial score (nSPS) is 10.4. The van der Waals surface area contributed by atoms with E-state index in [2.05, 4.69) is 28.2 Å². The summed E-state index contributed by atoms with van der Waals surface area (Å²) in [6.07, 6.45) is 2.17. The van der Waals surface area contributed by atoms with Gasteiger partial charge in [0, 0.05) is 13.2 Å². The average molecular weight is 290 g/mol. The maximum atomic E-state index is 11.5. The highest BCUT2D eigenvalue weighted by Crippen LogP contribution is 2.13. The summed E-state index contributed by atoms with van der Waals surface area (Å²) in [5, 5.41) is 2.71. The molecule has 0 spiro atoms. The van der Waals surface area contributed by atoms with Crippen LogP contribution in [0.25, 0.3) is 0 Å². The van der Waals surface area contributed by atoms with Crippen molar-refractivity contribution in [3.8, 4) is 0 Å². The number of nitrogens with one attached hydrogen (secondary N) is 1. The molecule has 4 nitrogen and oxygen atoms in total. The van der Waals surface area contributed by atoms with Crippen LogP contribution in [0.5, 0.6) is 0 Å². The molecule has 0 radical (unpaired) electrons. The Bertz CT molecular complexity index is 325. The lowest BCUT2D eigenvalue weighted by atomic mass is 10.4. The lowest BCUT2D eigenvalue weighted by Crippen LogP contribution is -2.26. The van der Waals surface area contributed by atoms with E-state index in [1.54, 1.807) is 12.1 Å². The van der Waals surface area contributed by atoms with Gasteiger partial charge >= 0.3 is 0 Å². The Kier molecular flexibility index (Phi) is 6.18. The van der Waals surface area contributed by atoms with Crippen LogP contribution in [0, 0.1) is 0 Å². The van der Waals surface area contributed by atoms with Gasteiger partial charge in [0.2, 0.25) is 0 Å². The molecule has 0 aliphatic heterocycles. The molecule has 16 heavy (non-hydrogen) atoms. The standard InChI is InChI=1S/C11H16BrNO3/c1-2-3-7-15-8-6-13-11(14)9-4-5-10(12)16-9/h4-5H,2-3,6-8H2,1H3,(H,13,14). The molecule has 0 saturated heterocycles. The van der Waals surface area contributed by atoms with Gasteiger partial charge in [-0.15, -0.1) is 0 Å². The molecule has 1 aromatic heterocycles. The molecule has 0 aliphatic rings. The largest absolute Gasteiger partial charge is 0.444 e. The van der Waals surface area contributed by atoms with Crippen molar-refractivity contribution < 1.29 is 13.9 Å². The first-order valence-corrected chi connectivity index (χ1v) is 6.14. The van der Waals surface area contributed by atoms with Crippen LogP contribution >= 0.6 is 15.9 Å². The number of carbonyl (C=O) groups excluding carboxylic acids is 1. The molecular weight excluding hydrogens is 274 g/mol. The summed E-state index contributed by atoms with van der Waals surface area (Å²) in [6.45, 7) is 3.90. The molecule has 1 aromatic rings. The maximum absolute atomic E-state index is 11.5. The molecule has 0 unspecified atom stereocenters. The smallest absolute Gasteiger partial charge is 0.287 e. The van der Waals surface area contributed by atoms with E-state index in [9.17, 15) is 4.79 Å². The zero-order chi connectivity index (χ0) is 11.8. The summed E-state index contributed by atoms with van der Waals surface area (Å²) in [5.74, 6) is 0.0882. The van der Waals surface area contributed by atoms with Gasteiger partial charge in [-0.2, -0.15) is 0 Å². The van der Waals surface area contributed by atoms with Crippen molar-refractivity contribution in [2.24, 2.45) is 0 Å². The van der Waals surface area contributed by atoms with Crippen molar-refractivity contribution >= 4 is 21.8 Å². The van der Waals surface area contributed by atoms with Crippen LogP contribution < -0.4 is 5.32 Å². The van der Waals surface area contributed by atoms with Crippen molar-refractivity contribution in [1.29, 1.82) is 0 Å². The van der Waals surface area contributed by atoms with Gasteiger partial charge in [-0.3, -0.25) is 4.79 Å². The zero-order valence-electron chi connectivity index (χ0n) is 9.29. The lowest BCUT2D eigenvalue weighted by Gasteiger charge is -2.04. The van der Waals surface area contributed by atoms with Crippen LogP contribution in [0.15, 0.2) is 21.2 Å². The fourth-order valence-corrected chi connectivity index (χ4v) is 1.42. The molecule has 0 aliphatic carbocycles. The summed E-state index contributed by atoms with van der Waals surface area (Å²) < 4.78 is 11.0. The Morgan fingerprint density at radius 3 is 2.94 bits per heavy atom. The number of ether oxygens (including phenoxy) is 1. The van der Waals surface area contributed by atoms with Gasteiger partial charge in [0.15, 0.2) is 10.4 Å². The van der Waals surface area contributed by atoms with Crippen LogP contribution in [0.4, 0.5) is 0 Å². The summed E-state index contributed by atoms with van der Waals surface area (Å²) in [7, 11) is 0. The molecule has 1 heterocycles. The lowest BCUT2D eigenvalue weighted by molar-refractivity contribution is 0.0885. The van der Waals surface area contributed by atoms with Gasteiger partial charge in [0.25, 0.3) is 5.91 Å². The predicted octanol–water partition coefficient (Wildman–Crippen LogP) is 2.59. The minimum atomic E-state index is -0.218. The first kappa shape index (κ1) is 13.3. The molecule has 0 aromatic carbocycles. The number of unbranched alkanes of at least 4 members (excludes halogenated alkanes) is 1. The van der Waals surface area contributed by atoms with Crippen molar-refractivity contribution in [3.63, 3.8) is 0 Å². The number of carbonyl (C=O) groups is 1. The van der Waals surface area contributed by atoms with Gasteiger partial charge in [-0.25, -0.2) is 0 Å². The summed E-state index contributed by atoms with van der Waals surface area (Å²) >= 11 is 3.14. The molecule has 1 amide bonds. The van der Waals surface area contributed by atoms with Crippen LogP contribution in [0.3, 0.4) is 0 Å². The van der Waals surface area contributed by atoms with E-state index < -0.39 is 0 Å². The van der Waals surface area contributed by atoms with Crippen molar-refractivity contribution in [3.05, 3.63) is 22.6 Å². The first-order chi connectivity index (χ1) is 7.74. The molecule has 0 atom stereocenters. The Labute approximate surface area is 103 Å². The van der Waals surface area contributed by atoms with Crippen molar-refractivity contribution in [2.45, 2.75) is 19.8 Å². The van der Waals surface area contributed by atoms with Crippen molar-refractivity contribution in [2.75, 3.05) is 19.8 Å². The van der Waals surface area contributed by atoms with Crippen LogP contribution in [-0.2, 0) is 4.74 Å². The zero-order valence-corrected chi connectivity index (χ0v) is 10.9. The predicted molar refractivity (Wildman–Crippen MR) is 64.5 cm³/mol. The molecule has 90 valence electrons. The van der Waals surface area contributed by atoms with E-state index in [1.165, 1.54) is 0 Å². The summed E-state index contributed by atoms with van der Waals surface area (Å²) in [4.78, 5) is 11.5. The first-order valence-electron chi connectivity index (χ1n) is 5.35. The van der Waals surface area contributed by atoms with E-state index >= 15 is 0 Å². The van der Waals surface area contributed by atoms with E-state index in [1.807, 2.05) is 0 Å². The molecule has 0 fully saturated rings. The summed E-state index contributed by atoms with van der Waals surface area (Å²) in [6, 6.07) is 3.31. The minimum absolute atomic E-state index is 0.218. The fourth-order valence-electron chi connectivity index (χ4n) is 1.11. The molecule has 0 saturated carbocycles. The minimum Gasteiger partial charge on any atom is -0.444 e. The van der Waals surface area contributed by atoms with Gasteiger partial charge in [-0.1, -0.05) is 13.3 Å². The highest BCUT2D eigenvalue weighted by Gasteiger charge is 2.08. The highest BCUT2D eigenvalue weighted by molar-refractivity contribution is 9.10.